The van der Waals surface area contributed by atoms with E-state index in [-0.39, 0.29) is 5.91 Å². The number of carbonyl (C=O) groups excluding carboxylic acids is 2. The Morgan fingerprint density at radius 1 is 1.12 bits per heavy atom. The van der Waals surface area contributed by atoms with Crippen molar-refractivity contribution in [2.24, 2.45) is 0 Å². The fourth-order valence-electron chi connectivity index (χ4n) is 4.08. The molecule has 0 fully saturated rings. The number of nitrogens with zero attached hydrogens (tertiary/aromatic N) is 1. The summed E-state index contributed by atoms with van der Waals surface area (Å²) in [6.07, 6.45) is 3.51. The minimum Gasteiger partial charge on any atom is -0.497 e. The predicted molar refractivity (Wildman–Crippen MR) is 129 cm³/mol. The second kappa shape index (κ2) is 9.86. The monoisotopic (exact) mass is 444 g/mol. The van der Waals surface area contributed by atoms with E-state index < -0.39 is 12.1 Å². The molecule has 6 nitrogen and oxygen atoms in total. The number of pyridine rings is 1. The number of methoxy groups -OCH3 is 1. The van der Waals surface area contributed by atoms with E-state index in [1.54, 1.807) is 14.0 Å². The number of fused-ring (bicyclic) bond motifs is 2. The van der Waals surface area contributed by atoms with Crippen LogP contribution in [-0.4, -0.2) is 36.6 Å². The van der Waals surface area contributed by atoms with Crippen molar-refractivity contribution in [2.75, 3.05) is 13.7 Å². The minimum atomic E-state index is -0.873. The summed E-state index contributed by atoms with van der Waals surface area (Å²) in [5.41, 5.74) is 5.04. The third-order valence-electron chi connectivity index (χ3n) is 5.80. The second-order valence-corrected chi connectivity index (χ2v) is 8.11. The fourth-order valence-corrected chi connectivity index (χ4v) is 4.08. The molecule has 0 saturated heterocycles. The summed E-state index contributed by atoms with van der Waals surface area (Å²) in [7, 11) is 1.64. The molecule has 0 radical (unpaired) electrons. The Bertz CT molecular complexity index is 1210. The lowest BCUT2D eigenvalue weighted by molar-refractivity contribution is -0.129. The van der Waals surface area contributed by atoms with Gasteiger partial charge in [-0.1, -0.05) is 37.3 Å². The molecule has 3 aromatic rings. The molecule has 33 heavy (non-hydrogen) atoms. The topological polar surface area (TPSA) is 77.5 Å². The van der Waals surface area contributed by atoms with Crippen molar-refractivity contribution < 1.29 is 19.1 Å². The highest BCUT2D eigenvalue weighted by Gasteiger charge is 2.29. The van der Waals surface area contributed by atoms with Crippen molar-refractivity contribution >= 4 is 34.4 Å². The molecule has 0 bridgehead atoms. The van der Waals surface area contributed by atoms with Crippen molar-refractivity contribution in [3.8, 4) is 5.75 Å². The van der Waals surface area contributed by atoms with E-state index in [4.69, 9.17) is 14.5 Å². The van der Waals surface area contributed by atoms with Gasteiger partial charge in [-0.15, -0.1) is 0 Å². The van der Waals surface area contributed by atoms with Crippen LogP contribution in [0.3, 0.4) is 0 Å². The zero-order valence-corrected chi connectivity index (χ0v) is 19.2. The van der Waals surface area contributed by atoms with Gasteiger partial charge < -0.3 is 14.8 Å². The number of carbonyl (C=O) groups is 2. The molecule has 1 aromatic heterocycles. The number of allylic oxidation sites excluding steroid dienone is 1. The number of rotatable bonds is 7. The van der Waals surface area contributed by atoms with Gasteiger partial charge in [0.05, 0.1) is 23.9 Å². The maximum atomic E-state index is 13.3. The van der Waals surface area contributed by atoms with Crippen LogP contribution in [0, 0.1) is 0 Å². The Morgan fingerprint density at radius 2 is 1.88 bits per heavy atom. The molecule has 1 amide bonds. The first-order chi connectivity index (χ1) is 16.0. The van der Waals surface area contributed by atoms with Crippen molar-refractivity contribution in [1.82, 2.24) is 10.3 Å². The van der Waals surface area contributed by atoms with Crippen molar-refractivity contribution in [3.63, 3.8) is 0 Å². The number of nitrogens with one attached hydrogen (secondary N) is 1. The van der Waals surface area contributed by atoms with Gasteiger partial charge in [0.2, 0.25) is 0 Å². The average Bonchev–Trinajstić information content (AvgIpc) is 3.23. The Balaban J connectivity index is 1.71. The third kappa shape index (κ3) is 4.75. The third-order valence-corrected chi connectivity index (χ3v) is 5.80. The number of para-hydroxylation sites is 1. The fraction of sp³-hybridized carbons (Fsp3) is 0.296. The van der Waals surface area contributed by atoms with Gasteiger partial charge in [-0.2, -0.15) is 0 Å². The number of amides is 1. The Labute approximate surface area is 193 Å². The molecule has 1 N–H and O–H groups in total. The van der Waals surface area contributed by atoms with Crippen molar-refractivity contribution in [2.45, 2.75) is 39.2 Å². The lowest BCUT2D eigenvalue weighted by Gasteiger charge is -2.16. The number of aromatic nitrogens is 1. The first-order valence-electron chi connectivity index (χ1n) is 11.3. The molecule has 1 aliphatic rings. The SMILES string of the molecule is CCCNC(=O)[C@@H](C)OC(=O)c1c2c(nc3ccccc13)/C(=C\c1ccc(OC)cc1)CC2. The molecule has 0 unspecified atom stereocenters. The van der Waals surface area contributed by atoms with Gasteiger partial charge in [0, 0.05) is 11.9 Å². The van der Waals surface area contributed by atoms with Crippen molar-refractivity contribution in [1.29, 1.82) is 0 Å². The van der Waals surface area contributed by atoms with Crippen molar-refractivity contribution in [3.05, 3.63) is 70.9 Å². The number of hydrogen-bond acceptors (Lipinski definition) is 5. The van der Waals surface area contributed by atoms with Gasteiger partial charge in [0.15, 0.2) is 6.10 Å². The van der Waals surface area contributed by atoms with E-state index in [0.717, 1.165) is 51.9 Å². The number of hydrogen-bond donors (Lipinski definition) is 1. The zero-order chi connectivity index (χ0) is 23.4. The number of ether oxygens (including phenoxy) is 2. The summed E-state index contributed by atoms with van der Waals surface area (Å²) in [6.45, 7) is 4.12. The number of esters is 1. The van der Waals surface area contributed by atoms with E-state index in [0.29, 0.717) is 18.5 Å². The van der Waals surface area contributed by atoms with E-state index in [9.17, 15) is 9.59 Å². The van der Waals surface area contributed by atoms with Crippen LogP contribution in [0.4, 0.5) is 0 Å². The van der Waals surface area contributed by atoms with Crippen LogP contribution in [0.5, 0.6) is 5.75 Å². The largest absolute Gasteiger partial charge is 0.497 e. The highest BCUT2D eigenvalue weighted by molar-refractivity contribution is 6.07. The highest BCUT2D eigenvalue weighted by atomic mass is 16.5. The van der Waals surface area contributed by atoms with E-state index >= 15 is 0 Å². The summed E-state index contributed by atoms with van der Waals surface area (Å²) in [5.74, 6) is 0.0187. The molecule has 1 aliphatic carbocycles. The quantitative estimate of drug-likeness (QED) is 0.530. The molecule has 0 saturated carbocycles. The Morgan fingerprint density at radius 3 is 2.61 bits per heavy atom. The molecule has 0 aliphatic heterocycles. The molecule has 6 heteroatoms. The first kappa shape index (κ1) is 22.5. The Hall–Kier alpha value is -3.67. The summed E-state index contributed by atoms with van der Waals surface area (Å²) < 4.78 is 10.8. The normalized spacial score (nSPS) is 14.7. The molecule has 2 aromatic carbocycles. The van der Waals surface area contributed by atoms with E-state index in [1.165, 1.54) is 0 Å². The molecule has 170 valence electrons. The molecular formula is C27H28N2O4. The minimum absolute atomic E-state index is 0.291. The van der Waals surface area contributed by atoms with E-state index in [1.807, 2.05) is 55.5 Å². The molecule has 4 rings (SSSR count). The summed E-state index contributed by atoms with van der Waals surface area (Å²) >= 11 is 0. The molecular weight excluding hydrogens is 416 g/mol. The van der Waals surface area contributed by atoms with Crippen LogP contribution in [-0.2, 0) is 16.0 Å². The zero-order valence-electron chi connectivity index (χ0n) is 19.2. The van der Waals surface area contributed by atoms with Gasteiger partial charge in [-0.25, -0.2) is 9.78 Å². The van der Waals surface area contributed by atoms with Crippen LogP contribution in [0.15, 0.2) is 48.5 Å². The summed E-state index contributed by atoms with van der Waals surface area (Å²) in [5, 5.41) is 3.52. The first-order valence-corrected chi connectivity index (χ1v) is 11.3. The van der Waals surface area contributed by atoms with Gasteiger partial charge >= 0.3 is 5.97 Å². The smallest absolute Gasteiger partial charge is 0.339 e. The van der Waals surface area contributed by atoms with Crippen LogP contribution in [0.1, 0.15) is 53.9 Å². The maximum absolute atomic E-state index is 13.3. The van der Waals surface area contributed by atoms with Gasteiger partial charge in [-0.05, 0) is 67.2 Å². The van der Waals surface area contributed by atoms with E-state index in [2.05, 4.69) is 11.4 Å². The second-order valence-electron chi connectivity index (χ2n) is 8.11. The Kier molecular flexibility index (Phi) is 6.73. The average molecular weight is 445 g/mol. The molecule has 0 spiro atoms. The molecule has 1 heterocycles. The molecule has 1 atom stereocenters. The number of benzene rings is 2. The maximum Gasteiger partial charge on any atom is 0.339 e. The predicted octanol–water partition coefficient (Wildman–Crippen LogP) is 4.80. The van der Waals surface area contributed by atoms with Crippen LogP contribution >= 0.6 is 0 Å². The van der Waals surface area contributed by atoms with Gasteiger partial charge in [0.25, 0.3) is 5.91 Å². The summed E-state index contributed by atoms with van der Waals surface area (Å²) in [4.78, 5) is 30.4. The van der Waals surface area contributed by atoms with Gasteiger partial charge in [0.1, 0.15) is 5.75 Å². The van der Waals surface area contributed by atoms with Crippen LogP contribution in [0.25, 0.3) is 22.6 Å². The van der Waals surface area contributed by atoms with Crippen LogP contribution in [0.2, 0.25) is 0 Å². The lowest BCUT2D eigenvalue weighted by Crippen LogP contribution is -2.36. The van der Waals surface area contributed by atoms with Gasteiger partial charge in [-0.3, -0.25) is 4.79 Å². The lowest BCUT2D eigenvalue weighted by atomic mass is 10.0. The van der Waals surface area contributed by atoms with Crippen LogP contribution < -0.4 is 10.1 Å². The standard InChI is InChI=1S/C27H28N2O4/c1-4-15-28-26(30)17(2)33-27(31)24-21-7-5-6-8-23(21)29-25-19(11-14-22(24)25)16-18-9-12-20(32-3)13-10-18/h5-10,12-13,16-17H,4,11,14-15H2,1-3H3,(H,28,30)/b19-16-/t17-/m1/s1. The highest BCUT2D eigenvalue weighted by Crippen LogP contribution is 2.38. The summed E-state index contributed by atoms with van der Waals surface area (Å²) in [6, 6.07) is 15.4.